The molecule has 0 amide bonds. The monoisotopic (exact) mass is 219 g/mol. The maximum absolute atomic E-state index is 9.31. The molecule has 0 radical (unpaired) electrons. The molecule has 16 heavy (non-hydrogen) atoms. The van der Waals surface area contributed by atoms with Crippen LogP contribution in [-0.2, 0) is 6.42 Å². The van der Waals surface area contributed by atoms with Crippen molar-refractivity contribution >= 4 is 0 Å². The second kappa shape index (κ2) is 5.46. The minimum atomic E-state index is -0.253. The quantitative estimate of drug-likeness (QED) is 0.767. The molecule has 2 atom stereocenters. The zero-order chi connectivity index (χ0) is 11.4. The van der Waals surface area contributed by atoms with Crippen molar-refractivity contribution in [3.8, 4) is 0 Å². The third-order valence-corrected chi connectivity index (χ3v) is 3.16. The van der Waals surface area contributed by atoms with Gasteiger partial charge in [0.1, 0.15) is 0 Å². The van der Waals surface area contributed by atoms with Gasteiger partial charge in [-0.2, -0.15) is 0 Å². The Balaban J connectivity index is 1.87. The van der Waals surface area contributed by atoms with Crippen molar-refractivity contribution in [1.29, 1.82) is 0 Å². The standard InChI is InChI=1S/C14H21NO/c1-11(16)10-15-14(13-7-8-13)9-12-5-3-2-4-6-12/h2-6,11,13-16H,7-10H2,1H3/t11-,14?/m0/s1. The van der Waals surface area contributed by atoms with E-state index in [-0.39, 0.29) is 6.10 Å². The van der Waals surface area contributed by atoms with Crippen LogP contribution in [0.5, 0.6) is 0 Å². The highest BCUT2D eigenvalue weighted by atomic mass is 16.3. The van der Waals surface area contributed by atoms with E-state index >= 15 is 0 Å². The normalized spacial score (nSPS) is 19.4. The molecule has 0 heterocycles. The minimum absolute atomic E-state index is 0.253. The molecule has 0 spiro atoms. The average Bonchev–Trinajstić information content (AvgIpc) is 3.09. The van der Waals surface area contributed by atoms with Gasteiger partial charge in [-0.3, -0.25) is 0 Å². The third-order valence-electron chi connectivity index (χ3n) is 3.16. The number of hydrogen-bond donors (Lipinski definition) is 2. The summed E-state index contributed by atoms with van der Waals surface area (Å²) in [4.78, 5) is 0. The van der Waals surface area contributed by atoms with Crippen LogP contribution in [0.25, 0.3) is 0 Å². The average molecular weight is 219 g/mol. The van der Waals surface area contributed by atoms with Gasteiger partial charge in [-0.05, 0) is 37.7 Å². The van der Waals surface area contributed by atoms with E-state index in [9.17, 15) is 5.11 Å². The summed E-state index contributed by atoms with van der Waals surface area (Å²) in [5.74, 6) is 0.818. The molecule has 1 aromatic carbocycles. The Bertz CT molecular complexity index is 306. The van der Waals surface area contributed by atoms with Gasteiger partial charge in [0.25, 0.3) is 0 Å². The van der Waals surface area contributed by atoms with Crippen molar-refractivity contribution in [1.82, 2.24) is 5.32 Å². The fraction of sp³-hybridized carbons (Fsp3) is 0.571. The van der Waals surface area contributed by atoms with Crippen molar-refractivity contribution in [2.75, 3.05) is 6.54 Å². The molecular formula is C14H21NO. The molecule has 1 aliphatic rings. The summed E-state index contributed by atoms with van der Waals surface area (Å²) in [6, 6.07) is 11.1. The van der Waals surface area contributed by atoms with Gasteiger partial charge in [-0.1, -0.05) is 30.3 Å². The first kappa shape index (κ1) is 11.6. The molecule has 1 aliphatic carbocycles. The smallest absolute Gasteiger partial charge is 0.0636 e. The van der Waals surface area contributed by atoms with Crippen LogP contribution in [0.4, 0.5) is 0 Å². The number of benzene rings is 1. The lowest BCUT2D eigenvalue weighted by molar-refractivity contribution is 0.184. The number of rotatable bonds is 6. The van der Waals surface area contributed by atoms with Crippen LogP contribution >= 0.6 is 0 Å². The van der Waals surface area contributed by atoms with Gasteiger partial charge in [0.05, 0.1) is 6.10 Å². The second-order valence-electron chi connectivity index (χ2n) is 4.89. The molecule has 2 heteroatoms. The molecule has 1 saturated carbocycles. The Hall–Kier alpha value is -0.860. The summed E-state index contributed by atoms with van der Waals surface area (Å²) in [5.41, 5.74) is 1.39. The van der Waals surface area contributed by atoms with E-state index in [1.807, 2.05) is 6.92 Å². The lowest BCUT2D eigenvalue weighted by Gasteiger charge is -2.19. The molecular weight excluding hydrogens is 198 g/mol. The Labute approximate surface area is 97.7 Å². The maximum atomic E-state index is 9.31. The Kier molecular flexibility index (Phi) is 3.97. The fourth-order valence-corrected chi connectivity index (χ4v) is 2.09. The van der Waals surface area contributed by atoms with Crippen LogP contribution in [0.1, 0.15) is 25.3 Å². The molecule has 0 aliphatic heterocycles. The van der Waals surface area contributed by atoms with Crippen LogP contribution in [0.15, 0.2) is 30.3 Å². The van der Waals surface area contributed by atoms with Gasteiger partial charge >= 0.3 is 0 Å². The third kappa shape index (κ3) is 3.62. The molecule has 0 aromatic heterocycles. The van der Waals surface area contributed by atoms with Crippen molar-refractivity contribution in [3.05, 3.63) is 35.9 Å². The molecule has 1 unspecified atom stereocenters. The largest absolute Gasteiger partial charge is 0.392 e. The zero-order valence-electron chi connectivity index (χ0n) is 9.89. The molecule has 2 N–H and O–H groups in total. The summed E-state index contributed by atoms with van der Waals surface area (Å²) < 4.78 is 0. The van der Waals surface area contributed by atoms with E-state index in [0.29, 0.717) is 12.6 Å². The Morgan fingerprint density at radius 2 is 2.00 bits per heavy atom. The summed E-state index contributed by atoms with van der Waals surface area (Å²) in [6.45, 7) is 2.54. The van der Waals surface area contributed by atoms with E-state index in [1.165, 1.54) is 18.4 Å². The van der Waals surface area contributed by atoms with Gasteiger partial charge in [0.15, 0.2) is 0 Å². The van der Waals surface area contributed by atoms with Crippen molar-refractivity contribution in [2.45, 2.75) is 38.3 Å². The second-order valence-corrected chi connectivity index (χ2v) is 4.89. The Morgan fingerprint density at radius 3 is 2.56 bits per heavy atom. The van der Waals surface area contributed by atoms with E-state index in [4.69, 9.17) is 0 Å². The summed E-state index contributed by atoms with van der Waals surface area (Å²) in [5, 5.41) is 12.8. The molecule has 2 nitrogen and oxygen atoms in total. The molecule has 0 saturated heterocycles. The topological polar surface area (TPSA) is 32.3 Å². The van der Waals surface area contributed by atoms with Gasteiger partial charge in [-0.15, -0.1) is 0 Å². The van der Waals surface area contributed by atoms with Crippen LogP contribution in [0.2, 0.25) is 0 Å². The first-order valence-electron chi connectivity index (χ1n) is 6.21. The first-order valence-corrected chi connectivity index (χ1v) is 6.21. The van der Waals surface area contributed by atoms with E-state index in [1.54, 1.807) is 0 Å². The fourth-order valence-electron chi connectivity index (χ4n) is 2.09. The van der Waals surface area contributed by atoms with Gasteiger partial charge < -0.3 is 10.4 Å². The summed E-state index contributed by atoms with van der Waals surface area (Å²) >= 11 is 0. The molecule has 0 bridgehead atoms. The van der Waals surface area contributed by atoms with Crippen LogP contribution in [0, 0.1) is 5.92 Å². The number of hydrogen-bond acceptors (Lipinski definition) is 2. The number of aliphatic hydroxyl groups excluding tert-OH is 1. The van der Waals surface area contributed by atoms with Crippen molar-refractivity contribution in [2.24, 2.45) is 5.92 Å². The van der Waals surface area contributed by atoms with Gasteiger partial charge in [0, 0.05) is 12.6 Å². The number of aliphatic hydroxyl groups is 1. The van der Waals surface area contributed by atoms with E-state index in [2.05, 4.69) is 35.6 Å². The van der Waals surface area contributed by atoms with E-state index in [0.717, 1.165) is 12.3 Å². The zero-order valence-corrected chi connectivity index (χ0v) is 9.89. The summed E-state index contributed by atoms with van der Waals surface area (Å²) in [7, 11) is 0. The lowest BCUT2D eigenvalue weighted by Crippen LogP contribution is -2.37. The molecule has 1 fully saturated rings. The van der Waals surface area contributed by atoms with E-state index < -0.39 is 0 Å². The highest BCUT2D eigenvalue weighted by Crippen LogP contribution is 2.34. The Morgan fingerprint density at radius 1 is 1.31 bits per heavy atom. The van der Waals surface area contributed by atoms with Crippen molar-refractivity contribution in [3.63, 3.8) is 0 Å². The molecule has 2 rings (SSSR count). The van der Waals surface area contributed by atoms with Crippen molar-refractivity contribution < 1.29 is 5.11 Å². The molecule has 1 aromatic rings. The van der Waals surface area contributed by atoms with Crippen LogP contribution in [-0.4, -0.2) is 23.8 Å². The lowest BCUT2D eigenvalue weighted by atomic mass is 10.0. The highest BCUT2D eigenvalue weighted by molar-refractivity contribution is 5.16. The highest BCUT2D eigenvalue weighted by Gasteiger charge is 2.30. The maximum Gasteiger partial charge on any atom is 0.0636 e. The van der Waals surface area contributed by atoms with Gasteiger partial charge in [0.2, 0.25) is 0 Å². The van der Waals surface area contributed by atoms with Crippen LogP contribution in [0.3, 0.4) is 0 Å². The predicted molar refractivity (Wildman–Crippen MR) is 66.3 cm³/mol. The first-order chi connectivity index (χ1) is 7.75. The van der Waals surface area contributed by atoms with Gasteiger partial charge in [-0.25, -0.2) is 0 Å². The number of nitrogens with one attached hydrogen (secondary N) is 1. The SMILES string of the molecule is C[C@H](O)CNC(Cc1ccccc1)C1CC1. The minimum Gasteiger partial charge on any atom is -0.392 e. The molecule has 88 valence electrons. The van der Waals surface area contributed by atoms with Crippen LogP contribution < -0.4 is 5.32 Å². The predicted octanol–water partition coefficient (Wildman–Crippen LogP) is 1.98. The summed E-state index contributed by atoms with van der Waals surface area (Å²) in [6.07, 6.45) is 3.50.